The second kappa shape index (κ2) is 6.75. The smallest absolute Gasteiger partial charge is 0.0833 e. The van der Waals surface area contributed by atoms with Crippen LogP contribution in [0.2, 0.25) is 0 Å². The Balaban J connectivity index is 2.64. The van der Waals surface area contributed by atoms with E-state index in [-0.39, 0.29) is 5.60 Å². The Hall–Kier alpha value is -0.0800. The predicted octanol–water partition coefficient (Wildman–Crippen LogP) is 3.61. The Morgan fingerprint density at radius 1 is 1.24 bits per heavy atom. The lowest BCUT2D eigenvalue weighted by atomic mass is 9.69. The Morgan fingerprint density at radius 3 is 2.24 bits per heavy atom. The van der Waals surface area contributed by atoms with E-state index >= 15 is 0 Å². The average Bonchev–Trinajstić information content (AvgIpc) is 2.20. The van der Waals surface area contributed by atoms with Gasteiger partial charge in [-0.1, -0.05) is 27.7 Å². The highest BCUT2D eigenvalue weighted by Gasteiger charge is 2.46. The van der Waals surface area contributed by atoms with Gasteiger partial charge in [-0.05, 0) is 50.5 Å². The molecule has 1 N–H and O–H groups in total. The van der Waals surface area contributed by atoms with Gasteiger partial charge in [-0.2, -0.15) is 0 Å². The second-order valence-electron chi connectivity index (χ2n) is 6.16. The summed E-state index contributed by atoms with van der Waals surface area (Å²) in [6, 6.07) is 0.531. The van der Waals surface area contributed by atoms with Crippen LogP contribution in [-0.2, 0) is 4.74 Å². The number of nitrogens with one attached hydrogen (secondary N) is 1. The molecular weight excluding hydrogens is 210 g/mol. The maximum absolute atomic E-state index is 5.87. The van der Waals surface area contributed by atoms with Crippen LogP contribution in [0.3, 0.4) is 0 Å². The van der Waals surface area contributed by atoms with E-state index in [2.05, 4.69) is 33.0 Å². The summed E-state index contributed by atoms with van der Waals surface area (Å²) in [6.45, 7) is 10.4. The fourth-order valence-corrected chi connectivity index (χ4v) is 3.25. The minimum absolute atomic E-state index is 0.128. The lowest BCUT2D eigenvalue weighted by Gasteiger charge is -2.49. The Bertz CT molecular complexity index is 205. The van der Waals surface area contributed by atoms with Crippen molar-refractivity contribution >= 4 is 0 Å². The summed E-state index contributed by atoms with van der Waals surface area (Å²) in [5.74, 6) is 1.46. The van der Waals surface area contributed by atoms with Crippen molar-refractivity contribution in [1.29, 1.82) is 0 Å². The quantitative estimate of drug-likeness (QED) is 0.701. The summed E-state index contributed by atoms with van der Waals surface area (Å²) in [6.07, 6.45) is 6.27. The summed E-state index contributed by atoms with van der Waals surface area (Å²) in [5, 5.41) is 3.74. The molecule has 0 bridgehead atoms. The van der Waals surface area contributed by atoms with Crippen molar-refractivity contribution in [2.75, 3.05) is 13.7 Å². The van der Waals surface area contributed by atoms with E-state index in [1.807, 2.05) is 7.11 Å². The zero-order valence-corrected chi connectivity index (χ0v) is 12.4. The van der Waals surface area contributed by atoms with Crippen molar-refractivity contribution in [2.45, 2.75) is 71.4 Å². The van der Waals surface area contributed by atoms with Crippen LogP contribution in [0, 0.1) is 11.8 Å². The summed E-state index contributed by atoms with van der Waals surface area (Å²) in [4.78, 5) is 0. The zero-order chi connectivity index (χ0) is 12.9. The molecule has 0 amide bonds. The van der Waals surface area contributed by atoms with Crippen molar-refractivity contribution in [1.82, 2.24) is 5.32 Å². The molecule has 2 nitrogen and oxygen atoms in total. The molecule has 1 aliphatic carbocycles. The molecule has 0 saturated heterocycles. The number of hydrogen-bond donors (Lipinski definition) is 1. The van der Waals surface area contributed by atoms with Crippen molar-refractivity contribution < 1.29 is 4.74 Å². The molecule has 0 radical (unpaired) electrons. The third-order valence-electron chi connectivity index (χ3n) is 4.20. The number of rotatable bonds is 8. The topological polar surface area (TPSA) is 21.3 Å². The molecule has 102 valence electrons. The van der Waals surface area contributed by atoms with Gasteiger partial charge < -0.3 is 10.1 Å². The first kappa shape index (κ1) is 15.0. The van der Waals surface area contributed by atoms with E-state index in [1.165, 1.54) is 32.1 Å². The standard InChI is InChI=1S/C15H31NO/c1-6-10-16-14(13(4)11-12(2)3)15(17-5)8-7-9-15/h12-14,16H,6-11H2,1-5H3. The summed E-state index contributed by atoms with van der Waals surface area (Å²) < 4.78 is 5.87. The van der Waals surface area contributed by atoms with Crippen LogP contribution in [0.1, 0.15) is 59.8 Å². The van der Waals surface area contributed by atoms with Crippen LogP contribution in [0.15, 0.2) is 0 Å². The van der Waals surface area contributed by atoms with E-state index in [4.69, 9.17) is 4.74 Å². The van der Waals surface area contributed by atoms with Gasteiger partial charge in [-0.25, -0.2) is 0 Å². The molecule has 0 aliphatic heterocycles. The van der Waals surface area contributed by atoms with E-state index in [0.717, 1.165) is 12.5 Å². The van der Waals surface area contributed by atoms with Crippen molar-refractivity contribution in [3.8, 4) is 0 Å². The molecule has 0 aromatic rings. The lowest BCUT2D eigenvalue weighted by molar-refractivity contribution is -0.111. The van der Waals surface area contributed by atoms with Crippen molar-refractivity contribution in [3.63, 3.8) is 0 Å². The summed E-state index contributed by atoms with van der Waals surface area (Å²) in [7, 11) is 1.89. The van der Waals surface area contributed by atoms with E-state index in [0.29, 0.717) is 12.0 Å². The van der Waals surface area contributed by atoms with Crippen LogP contribution < -0.4 is 5.32 Å². The zero-order valence-electron chi connectivity index (χ0n) is 12.4. The predicted molar refractivity (Wildman–Crippen MR) is 74.3 cm³/mol. The first-order chi connectivity index (χ1) is 8.05. The average molecular weight is 241 g/mol. The van der Waals surface area contributed by atoms with Crippen molar-refractivity contribution in [3.05, 3.63) is 0 Å². The van der Waals surface area contributed by atoms with Gasteiger partial charge in [-0.3, -0.25) is 0 Å². The highest BCUT2D eigenvalue weighted by Crippen LogP contribution is 2.41. The molecule has 2 heteroatoms. The maximum atomic E-state index is 5.87. The number of methoxy groups -OCH3 is 1. The number of hydrogen-bond acceptors (Lipinski definition) is 2. The molecule has 0 aromatic carbocycles. The molecule has 0 heterocycles. The van der Waals surface area contributed by atoms with E-state index in [9.17, 15) is 0 Å². The van der Waals surface area contributed by atoms with Gasteiger partial charge in [0, 0.05) is 13.2 Å². The minimum Gasteiger partial charge on any atom is -0.377 e. The fraction of sp³-hybridized carbons (Fsp3) is 1.00. The highest BCUT2D eigenvalue weighted by atomic mass is 16.5. The molecule has 0 spiro atoms. The van der Waals surface area contributed by atoms with Crippen LogP contribution in [0.5, 0.6) is 0 Å². The van der Waals surface area contributed by atoms with Crippen molar-refractivity contribution in [2.24, 2.45) is 11.8 Å². The van der Waals surface area contributed by atoms with Crippen LogP contribution in [-0.4, -0.2) is 25.3 Å². The fourth-order valence-electron chi connectivity index (χ4n) is 3.25. The largest absolute Gasteiger partial charge is 0.377 e. The monoisotopic (exact) mass is 241 g/mol. The third-order valence-corrected chi connectivity index (χ3v) is 4.20. The molecular formula is C15H31NO. The van der Waals surface area contributed by atoms with Gasteiger partial charge in [0.15, 0.2) is 0 Å². The normalized spacial score (nSPS) is 22.2. The van der Waals surface area contributed by atoms with Crippen LogP contribution >= 0.6 is 0 Å². The molecule has 1 rings (SSSR count). The molecule has 2 unspecified atom stereocenters. The van der Waals surface area contributed by atoms with Crippen LogP contribution in [0.4, 0.5) is 0 Å². The Kier molecular flexibility index (Phi) is 5.94. The Labute approximate surface area is 108 Å². The van der Waals surface area contributed by atoms with Gasteiger partial charge in [0.25, 0.3) is 0 Å². The second-order valence-corrected chi connectivity index (χ2v) is 6.16. The summed E-state index contributed by atoms with van der Waals surface area (Å²) >= 11 is 0. The molecule has 2 atom stereocenters. The van der Waals surface area contributed by atoms with Gasteiger partial charge in [0.2, 0.25) is 0 Å². The minimum atomic E-state index is 0.128. The molecule has 0 aromatic heterocycles. The SMILES string of the molecule is CCCNC(C(C)CC(C)C)C1(OC)CCC1. The molecule has 1 aliphatic rings. The molecule has 1 saturated carbocycles. The van der Waals surface area contributed by atoms with E-state index < -0.39 is 0 Å². The molecule has 17 heavy (non-hydrogen) atoms. The summed E-state index contributed by atoms with van der Waals surface area (Å²) in [5.41, 5.74) is 0.128. The van der Waals surface area contributed by atoms with Gasteiger partial charge >= 0.3 is 0 Å². The first-order valence-corrected chi connectivity index (χ1v) is 7.34. The first-order valence-electron chi connectivity index (χ1n) is 7.34. The molecule has 1 fully saturated rings. The third kappa shape index (κ3) is 3.69. The number of ether oxygens (including phenoxy) is 1. The Morgan fingerprint density at radius 2 is 1.88 bits per heavy atom. The lowest BCUT2D eigenvalue weighted by Crippen LogP contribution is -2.59. The van der Waals surface area contributed by atoms with Gasteiger partial charge in [-0.15, -0.1) is 0 Å². The van der Waals surface area contributed by atoms with Crippen LogP contribution in [0.25, 0.3) is 0 Å². The highest BCUT2D eigenvalue weighted by molar-refractivity contribution is 5.01. The van der Waals surface area contributed by atoms with Gasteiger partial charge in [0.05, 0.1) is 5.60 Å². The maximum Gasteiger partial charge on any atom is 0.0833 e. The van der Waals surface area contributed by atoms with E-state index in [1.54, 1.807) is 0 Å². The van der Waals surface area contributed by atoms with Gasteiger partial charge in [0.1, 0.15) is 0 Å².